The van der Waals surface area contributed by atoms with E-state index in [9.17, 15) is 5.11 Å². The van der Waals surface area contributed by atoms with Crippen molar-refractivity contribution in [3.63, 3.8) is 0 Å². The summed E-state index contributed by atoms with van der Waals surface area (Å²) >= 11 is 0. The second-order valence-electron chi connectivity index (χ2n) is 7.41. The van der Waals surface area contributed by atoms with Gasteiger partial charge in [0.15, 0.2) is 0 Å². The van der Waals surface area contributed by atoms with Crippen molar-refractivity contribution in [3.8, 4) is 0 Å². The smallest absolute Gasteiger partial charge is 0.0543 e. The predicted molar refractivity (Wildman–Crippen MR) is 79.1 cm³/mol. The molecule has 5 atom stereocenters. The minimum Gasteiger partial charge on any atom is -0.393 e. The van der Waals surface area contributed by atoms with Crippen molar-refractivity contribution < 1.29 is 5.11 Å². The third kappa shape index (κ3) is 3.72. The van der Waals surface area contributed by atoms with Crippen molar-refractivity contribution in [1.82, 2.24) is 5.32 Å². The second kappa shape index (κ2) is 6.58. The number of rotatable bonds is 3. The van der Waals surface area contributed by atoms with E-state index < -0.39 is 0 Å². The molecule has 0 radical (unpaired) electrons. The fourth-order valence-electron chi connectivity index (χ4n) is 4.84. The topological polar surface area (TPSA) is 32.3 Å². The highest BCUT2D eigenvalue weighted by atomic mass is 16.3. The van der Waals surface area contributed by atoms with Gasteiger partial charge in [-0.3, -0.25) is 0 Å². The molecule has 3 rings (SSSR count). The number of nitrogens with one attached hydrogen (secondary N) is 1. The Kier molecular flexibility index (Phi) is 4.81. The van der Waals surface area contributed by atoms with Crippen LogP contribution in [0.3, 0.4) is 0 Å². The molecule has 0 aromatic rings. The van der Waals surface area contributed by atoms with Gasteiger partial charge in [0, 0.05) is 6.04 Å². The zero-order valence-corrected chi connectivity index (χ0v) is 12.3. The van der Waals surface area contributed by atoms with Gasteiger partial charge in [0.25, 0.3) is 0 Å². The Morgan fingerprint density at radius 2 is 1.63 bits per heavy atom. The van der Waals surface area contributed by atoms with Crippen LogP contribution in [-0.2, 0) is 0 Å². The Balaban J connectivity index is 1.40. The van der Waals surface area contributed by atoms with Crippen molar-refractivity contribution in [1.29, 1.82) is 0 Å². The normalized spacial score (nSPS) is 43.7. The lowest BCUT2D eigenvalue weighted by molar-refractivity contribution is 0.0948. The summed E-state index contributed by atoms with van der Waals surface area (Å²) in [6.45, 7) is 1.15. The van der Waals surface area contributed by atoms with Crippen LogP contribution in [-0.4, -0.2) is 23.8 Å². The van der Waals surface area contributed by atoms with Crippen LogP contribution in [0.15, 0.2) is 0 Å². The van der Waals surface area contributed by atoms with E-state index in [1.54, 1.807) is 0 Å². The molecule has 0 saturated heterocycles. The molecule has 2 nitrogen and oxygen atoms in total. The maximum atomic E-state index is 9.74. The Morgan fingerprint density at radius 3 is 2.47 bits per heavy atom. The minimum atomic E-state index is -0.0189. The summed E-state index contributed by atoms with van der Waals surface area (Å²) in [4.78, 5) is 0. The van der Waals surface area contributed by atoms with E-state index in [0.717, 1.165) is 43.2 Å². The van der Waals surface area contributed by atoms with Crippen LogP contribution in [0.1, 0.15) is 70.6 Å². The van der Waals surface area contributed by atoms with Crippen LogP contribution in [0.2, 0.25) is 0 Å². The van der Waals surface area contributed by atoms with Gasteiger partial charge in [-0.2, -0.15) is 0 Å². The molecule has 3 fully saturated rings. The molecule has 19 heavy (non-hydrogen) atoms. The summed E-state index contributed by atoms with van der Waals surface area (Å²) in [6, 6.07) is 0.776. The van der Waals surface area contributed by atoms with E-state index in [1.165, 1.54) is 57.8 Å². The van der Waals surface area contributed by atoms with E-state index >= 15 is 0 Å². The zero-order chi connectivity index (χ0) is 13.1. The van der Waals surface area contributed by atoms with Gasteiger partial charge in [0.05, 0.1) is 6.10 Å². The molecular weight excluding hydrogens is 234 g/mol. The maximum absolute atomic E-state index is 9.74. The van der Waals surface area contributed by atoms with Gasteiger partial charge in [-0.25, -0.2) is 0 Å². The van der Waals surface area contributed by atoms with E-state index in [-0.39, 0.29) is 6.10 Å². The largest absolute Gasteiger partial charge is 0.393 e. The average Bonchev–Trinajstić information content (AvgIpc) is 2.45. The number of hydrogen-bond donors (Lipinski definition) is 2. The number of fused-ring (bicyclic) bond motifs is 1. The second-order valence-corrected chi connectivity index (χ2v) is 7.41. The highest BCUT2D eigenvalue weighted by molar-refractivity contribution is 4.87. The van der Waals surface area contributed by atoms with Crippen LogP contribution < -0.4 is 5.32 Å². The molecule has 2 N–H and O–H groups in total. The molecule has 5 unspecified atom stereocenters. The molecule has 0 aromatic carbocycles. The molecule has 3 aliphatic rings. The van der Waals surface area contributed by atoms with E-state index in [1.807, 2.05) is 0 Å². The molecule has 0 amide bonds. The first-order valence-corrected chi connectivity index (χ1v) is 8.72. The molecule has 0 spiro atoms. The summed E-state index contributed by atoms with van der Waals surface area (Å²) in [5, 5.41) is 13.6. The third-order valence-electron chi connectivity index (χ3n) is 5.99. The Bertz CT molecular complexity index is 280. The minimum absolute atomic E-state index is 0.0189. The van der Waals surface area contributed by atoms with Crippen LogP contribution in [0.5, 0.6) is 0 Å². The summed E-state index contributed by atoms with van der Waals surface area (Å²) < 4.78 is 0. The quantitative estimate of drug-likeness (QED) is 0.819. The molecule has 0 aliphatic heterocycles. The fourth-order valence-corrected chi connectivity index (χ4v) is 4.84. The summed E-state index contributed by atoms with van der Waals surface area (Å²) in [5.41, 5.74) is 0. The van der Waals surface area contributed by atoms with Gasteiger partial charge in [-0.05, 0) is 62.8 Å². The summed E-state index contributed by atoms with van der Waals surface area (Å²) in [5.74, 6) is 2.81. The molecule has 0 heterocycles. The van der Waals surface area contributed by atoms with Crippen LogP contribution >= 0.6 is 0 Å². The molecule has 0 aromatic heterocycles. The Morgan fingerprint density at radius 1 is 0.789 bits per heavy atom. The van der Waals surface area contributed by atoms with Gasteiger partial charge < -0.3 is 10.4 Å². The highest BCUT2D eigenvalue weighted by Crippen LogP contribution is 2.40. The molecule has 3 aliphatic carbocycles. The standard InChI is InChI=1S/C17H31NO/c19-17-7-3-4-13(10-17)12-18-16-9-8-14-5-1-2-6-15(14)11-16/h13-19H,1-12H2. The first kappa shape index (κ1) is 13.9. The number of aliphatic hydroxyl groups excluding tert-OH is 1. The Labute approximate surface area is 118 Å². The lowest BCUT2D eigenvalue weighted by atomic mass is 9.69. The van der Waals surface area contributed by atoms with Crippen molar-refractivity contribution in [2.45, 2.75) is 82.8 Å². The monoisotopic (exact) mass is 265 g/mol. The first-order valence-electron chi connectivity index (χ1n) is 8.72. The lowest BCUT2D eigenvalue weighted by Crippen LogP contribution is -2.41. The van der Waals surface area contributed by atoms with Crippen LogP contribution in [0.4, 0.5) is 0 Å². The average molecular weight is 265 g/mol. The van der Waals surface area contributed by atoms with Gasteiger partial charge in [-0.15, -0.1) is 0 Å². The number of aliphatic hydroxyl groups is 1. The van der Waals surface area contributed by atoms with Gasteiger partial charge in [0.1, 0.15) is 0 Å². The van der Waals surface area contributed by atoms with Gasteiger partial charge >= 0.3 is 0 Å². The van der Waals surface area contributed by atoms with Gasteiger partial charge in [0.2, 0.25) is 0 Å². The lowest BCUT2D eigenvalue weighted by Gasteiger charge is -2.40. The van der Waals surface area contributed by atoms with Crippen molar-refractivity contribution in [2.75, 3.05) is 6.54 Å². The summed E-state index contributed by atoms with van der Waals surface area (Å²) in [6.07, 6.45) is 14.8. The van der Waals surface area contributed by atoms with Crippen LogP contribution in [0, 0.1) is 17.8 Å². The van der Waals surface area contributed by atoms with Gasteiger partial charge in [-0.1, -0.05) is 32.1 Å². The van der Waals surface area contributed by atoms with Crippen molar-refractivity contribution >= 4 is 0 Å². The SMILES string of the molecule is OC1CCCC(CNC2CCC3CCCCC3C2)C1. The first-order chi connectivity index (χ1) is 9.31. The third-order valence-corrected chi connectivity index (χ3v) is 5.99. The highest BCUT2D eigenvalue weighted by Gasteiger charge is 2.32. The summed E-state index contributed by atoms with van der Waals surface area (Å²) in [7, 11) is 0. The van der Waals surface area contributed by atoms with E-state index in [4.69, 9.17) is 0 Å². The molecule has 0 bridgehead atoms. The zero-order valence-electron chi connectivity index (χ0n) is 12.3. The van der Waals surface area contributed by atoms with E-state index in [0.29, 0.717) is 0 Å². The van der Waals surface area contributed by atoms with Crippen molar-refractivity contribution in [2.24, 2.45) is 17.8 Å². The Hall–Kier alpha value is -0.0800. The molecular formula is C17H31NO. The molecule has 110 valence electrons. The van der Waals surface area contributed by atoms with Crippen LogP contribution in [0.25, 0.3) is 0 Å². The number of hydrogen-bond acceptors (Lipinski definition) is 2. The fraction of sp³-hybridized carbons (Fsp3) is 1.00. The molecule has 3 saturated carbocycles. The molecule has 2 heteroatoms. The maximum Gasteiger partial charge on any atom is 0.0543 e. The predicted octanol–water partition coefficient (Wildman–Crippen LogP) is 3.49. The van der Waals surface area contributed by atoms with E-state index in [2.05, 4.69) is 5.32 Å². The van der Waals surface area contributed by atoms with Crippen molar-refractivity contribution in [3.05, 3.63) is 0 Å².